The first-order valence-corrected chi connectivity index (χ1v) is 5.11. The van der Waals surface area contributed by atoms with Crippen LogP contribution in [0.1, 0.15) is 12.5 Å². The fourth-order valence-electron chi connectivity index (χ4n) is 1.61. The van der Waals surface area contributed by atoms with Gasteiger partial charge in [0, 0.05) is 12.5 Å². The van der Waals surface area contributed by atoms with Gasteiger partial charge in [0.25, 0.3) is 5.54 Å². The van der Waals surface area contributed by atoms with Crippen LogP contribution >= 0.6 is 0 Å². The number of hydrogen-bond donors (Lipinski definition) is 2. The molecule has 1 amide bonds. The van der Waals surface area contributed by atoms with E-state index >= 15 is 0 Å². The van der Waals surface area contributed by atoms with Gasteiger partial charge in [-0.1, -0.05) is 30.3 Å². The minimum absolute atomic E-state index is 0.125. The highest BCUT2D eigenvalue weighted by atomic mass is 16.5. The largest absolute Gasteiger partial charge is 0.479 e. The minimum Gasteiger partial charge on any atom is -0.479 e. The minimum atomic E-state index is -2.22. The number of hydrogen-bond acceptors (Lipinski definition) is 4. The molecule has 1 aromatic carbocycles. The molecule has 0 bridgehead atoms. The van der Waals surface area contributed by atoms with E-state index in [1.165, 1.54) is 12.1 Å². The van der Waals surface area contributed by atoms with E-state index in [4.69, 9.17) is 0 Å². The van der Waals surface area contributed by atoms with E-state index in [0.717, 1.165) is 14.0 Å². The van der Waals surface area contributed by atoms with Gasteiger partial charge in [-0.3, -0.25) is 4.79 Å². The highest BCUT2D eigenvalue weighted by Gasteiger charge is 2.50. The predicted molar refractivity (Wildman–Crippen MR) is 61.6 cm³/mol. The monoisotopic (exact) mass is 251 g/mol. The second-order valence-corrected chi connectivity index (χ2v) is 3.59. The number of amides is 1. The summed E-state index contributed by atoms with van der Waals surface area (Å²) >= 11 is 0. The molecule has 6 heteroatoms. The molecular weight excluding hydrogens is 238 g/mol. The summed E-state index contributed by atoms with van der Waals surface area (Å²) in [5, 5.41) is 11.5. The van der Waals surface area contributed by atoms with Crippen LogP contribution < -0.4 is 5.32 Å². The topological polar surface area (TPSA) is 92.7 Å². The third-order valence-corrected chi connectivity index (χ3v) is 2.38. The fourth-order valence-corrected chi connectivity index (χ4v) is 1.61. The Bertz CT molecular complexity index is 471. The van der Waals surface area contributed by atoms with Crippen molar-refractivity contribution in [2.75, 3.05) is 7.11 Å². The molecule has 2 N–H and O–H groups in total. The Kier molecular flexibility index (Phi) is 4.04. The molecular formula is C12H13NO5. The number of carboxylic acid groups (broad SMARTS) is 1. The highest BCUT2D eigenvalue weighted by molar-refractivity contribution is 6.07. The Balaban J connectivity index is 3.43. The maximum atomic E-state index is 11.8. The van der Waals surface area contributed by atoms with Crippen LogP contribution in [0.4, 0.5) is 0 Å². The summed E-state index contributed by atoms with van der Waals surface area (Å²) in [6.07, 6.45) is 0. The third-order valence-electron chi connectivity index (χ3n) is 2.38. The summed E-state index contributed by atoms with van der Waals surface area (Å²) in [4.78, 5) is 34.4. The van der Waals surface area contributed by atoms with Gasteiger partial charge in [-0.05, 0) is 0 Å². The molecule has 0 aliphatic carbocycles. The summed E-state index contributed by atoms with van der Waals surface area (Å²) in [6, 6.07) is 7.67. The number of benzene rings is 1. The summed E-state index contributed by atoms with van der Waals surface area (Å²) in [5.74, 6) is -3.21. The first kappa shape index (κ1) is 13.7. The van der Waals surface area contributed by atoms with Crippen molar-refractivity contribution in [2.24, 2.45) is 0 Å². The zero-order chi connectivity index (χ0) is 13.8. The van der Waals surface area contributed by atoms with Gasteiger partial charge < -0.3 is 15.2 Å². The van der Waals surface area contributed by atoms with E-state index in [1.54, 1.807) is 18.2 Å². The Labute approximate surface area is 104 Å². The van der Waals surface area contributed by atoms with Crippen LogP contribution in [0.25, 0.3) is 0 Å². The molecule has 0 aliphatic rings. The van der Waals surface area contributed by atoms with E-state index in [0.29, 0.717) is 0 Å². The highest BCUT2D eigenvalue weighted by Crippen LogP contribution is 2.23. The first-order chi connectivity index (χ1) is 8.45. The molecule has 0 spiro atoms. The predicted octanol–water partition coefficient (Wildman–Crippen LogP) is 0.276. The van der Waals surface area contributed by atoms with Crippen LogP contribution in [0.3, 0.4) is 0 Å². The molecule has 0 radical (unpaired) electrons. The van der Waals surface area contributed by atoms with Crippen LogP contribution in [-0.4, -0.2) is 30.1 Å². The van der Waals surface area contributed by atoms with E-state index in [1.807, 2.05) is 0 Å². The zero-order valence-corrected chi connectivity index (χ0v) is 9.97. The lowest BCUT2D eigenvalue weighted by atomic mass is 9.89. The van der Waals surface area contributed by atoms with Gasteiger partial charge in [-0.15, -0.1) is 0 Å². The van der Waals surface area contributed by atoms with Crippen molar-refractivity contribution < 1.29 is 24.2 Å². The zero-order valence-electron chi connectivity index (χ0n) is 9.97. The molecule has 96 valence electrons. The molecule has 1 aromatic rings. The average molecular weight is 251 g/mol. The van der Waals surface area contributed by atoms with Gasteiger partial charge in [-0.25, -0.2) is 9.59 Å². The number of aliphatic carboxylic acids is 1. The Morgan fingerprint density at radius 2 is 1.78 bits per heavy atom. The standard InChI is InChI=1S/C12H13NO5/c1-8(14)13-12(10(15)16,11(17)18-2)9-6-4-3-5-7-9/h3-7H,1-2H3,(H,13,14)(H,15,16). The maximum Gasteiger partial charge on any atom is 0.348 e. The molecule has 0 heterocycles. The van der Waals surface area contributed by atoms with Crippen molar-refractivity contribution in [2.45, 2.75) is 12.5 Å². The smallest absolute Gasteiger partial charge is 0.348 e. The van der Waals surface area contributed by atoms with Crippen molar-refractivity contribution >= 4 is 17.8 Å². The van der Waals surface area contributed by atoms with E-state index in [-0.39, 0.29) is 5.56 Å². The number of esters is 1. The fraction of sp³-hybridized carbons (Fsp3) is 0.250. The van der Waals surface area contributed by atoms with Crippen LogP contribution in [0.15, 0.2) is 30.3 Å². The van der Waals surface area contributed by atoms with Crippen LogP contribution in [0.5, 0.6) is 0 Å². The average Bonchev–Trinajstić information content (AvgIpc) is 2.35. The van der Waals surface area contributed by atoms with Crippen molar-refractivity contribution in [1.82, 2.24) is 5.32 Å². The van der Waals surface area contributed by atoms with Gasteiger partial charge in [-0.2, -0.15) is 0 Å². The molecule has 1 unspecified atom stereocenters. The van der Waals surface area contributed by atoms with Gasteiger partial charge in [0.1, 0.15) is 0 Å². The van der Waals surface area contributed by atoms with Gasteiger partial charge in [0.15, 0.2) is 0 Å². The number of nitrogens with one attached hydrogen (secondary N) is 1. The molecule has 0 aliphatic heterocycles. The molecule has 6 nitrogen and oxygen atoms in total. The quantitative estimate of drug-likeness (QED) is 0.592. The van der Waals surface area contributed by atoms with E-state index < -0.39 is 23.4 Å². The number of rotatable bonds is 4. The number of carbonyl (C=O) groups excluding carboxylic acids is 2. The number of methoxy groups -OCH3 is 1. The molecule has 1 atom stereocenters. The van der Waals surface area contributed by atoms with Crippen molar-refractivity contribution in [1.29, 1.82) is 0 Å². The Morgan fingerprint density at radius 1 is 1.22 bits per heavy atom. The molecule has 0 fully saturated rings. The molecule has 18 heavy (non-hydrogen) atoms. The lowest BCUT2D eigenvalue weighted by Crippen LogP contribution is -2.57. The SMILES string of the molecule is COC(=O)C(NC(C)=O)(C(=O)O)c1ccccc1. The lowest BCUT2D eigenvalue weighted by molar-refractivity contribution is -0.164. The van der Waals surface area contributed by atoms with E-state index in [9.17, 15) is 19.5 Å². The second kappa shape index (κ2) is 5.31. The molecule has 0 saturated carbocycles. The van der Waals surface area contributed by atoms with Crippen LogP contribution in [-0.2, 0) is 24.7 Å². The van der Waals surface area contributed by atoms with E-state index in [2.05, 4.69) is 10.1 Å². The summed E-state index contributed by atoms with van der Waals surface area (Å²) in [7, 11) is 1.06. The number of carboxylic acids is 1. The Morgan fingerprint density at radius 3 is 2.17 bits per heavy atom. The molecule has 0 saturated heterocycles. The summed E-state index contributed by atoms with van der Waals surface area (Å²) in [6.45, 7) is 1.13. The molecule has 1 rings (SSSR count). The maximum absolute atomic E-state index is 11.8. The van der Waals surface area contributed by atoms with Crippen LogP contribution in [0.2, 0.25) is 0 Å². The van der Waals surface area contributed by atoms with Gasteiger partial charge in [0.2, 0.25) is 5.91 Å². The normalized spacial score (nSPS) is 13.2. The van der Waals surface area contributed by atoms with Crippen LogP contribution in [0, 0.1) is 0 Å². The van der Waals surface area contributed by atoms with Crippen molar-refractivity contribution in [3.05, 3.63) is 35.9 Å². The van der Waals surface area contributed by atoms with Gasteiger partial charge in [0.05, 0.1) is 7.11 Å². The Hall–Kier alpha value is -2.37. The summed E-state index contributed by atoms with van der Waals surface area (Å²) in [5.41, 5.74) is -2.10. The third kappa shape index (κ3) is 2.32. The lowest BCUT2D eigenvalue weighted by Gasteiger charge is -2.27. The number of ether oxygens (including phenoxy) is 1. The summed E-state index contributed by atoms with van der Waals surface area (Å²) < 4.78 is 4.50. The first-order valence-electron chi connectivity index (χ1n) is 5.11. The second-order valence-electron chi connectivity index (χ2n) is 3.59. The van der Waals surface area contributed by atoms with Crippen molar-refractivity contribution in [3.8, 4) is 0 Å². The molecule has 0 aromatic heterocycles. The van der Waals surface area contributed by atoms with Crippen molar-refractivity contribution in [3.63, 3.8) is 0 Å². The van der Waals surface area contributed by atoms with Gasteiger partial charge >= 0.3 is 11.9 Å². The number of carbonyl (C=O) groups is 3.